The van der Waals surface area contributed by atoms with Gasteiger partial charge >= 0.3 is 5.97 Å². The number of carbonyl (C=O) groups is 1. The normalized spacial score (nSPS) is 10.8. The number of aryl methyl sites for hydroxylation is 3. The molecule has 0 aromatic heterocycles. The molecule has 2 aromatic rings. The fourth-order valence-corrected chi connectivity index (χ4v) is 3.74. The third-order valence-electron chi connectivity index (χ3n) is 3.29. The van der Waals surface area contributed by atoms with Crippen molar-refractivity contribution in [3.05, 3.63) is 44.0 Å². The Hall–Kier alpha value is -1.30. The second-order valence-electron chi connectivity index (χ2n) is 4.37. The number of hydrogen-bond donors (Lipinski definition) is 1. The smallest absolute Gasteiger partial charge is 0.337 e. The van der Waals surface area contributed by atoms with Gasteiger partial charge in [0.1, 0.15) is 0 Å². The summed E-state index contributed by atoms with van der Waals surface area (Å²) in [6.45, 7) is 5.78. The maximum absolute atomic E-state index is 11.5. The molecule has 0 saturated carbocycles. The van der Waals surface area contributed by atoms with Crippen molar-refractivity contribution in [3.63, 3.8) is 0 Å². The van der Waals surface area contributed by atoms with Gasteiger partial charge < -0.3 is 5.11 Å². The van der Waals surface area contributed by atoms with Crippen LogP contribution in [0, 0.1) is 24.3 Å². The largest absolute Gasteiger partial charge is 0.478 e. The highest BCUT2D eigenvalue weighted by Crippen LogP contribution is 2.32. The van der Waals surface area contributed by atoms with Crippen LogP contribution in [-0.2, 0) is 3.07 Å². The first kappa shape index (κ1) is 13.1. The zero-order valence-corrected chi connectivity index (χ0v) is 12.5. The highest BCUT2D eigenvalue weighted by Gasteiger charge is 2.18. The maximum Gasteiger partial charge on any atom is 0.337 e. The first-order valence-electron chi connectivity index (χ1n) is 5.51. The standard InChI is InChI=1S/C14H13IO3/c1-7-4-5-10-11(9(7)3)6-8(2)12(14(16)17)13(10)15-18/h4-6H,1-3H3,(H,16,17). The molecule has 0 saturated heterocycles. The van der Waals surface area contributed by atoms with E-state index in [0.29, 0.717) is 9.13 Å². The molecule has 0 unspecified atom stereocenters. The molecule has 4 heteroatoms. The van der Waals surface area contributed by atoms with Crippen LogP contribution in [0.2, 0.25) is 0 Å². The summed E-state index contributed by atoms with van der Waals surface area (Å²) in [5.74, 6) is -1.00. The zero-order chi connectivity index (χ0) is 13.4. The first-order valence-corrected chi connectivity index (χ1v) is 7.47. The molecule has 1 N–H and O–H groups in total. The van der Waals surface area contributed by atoms with E-state index in [2.05, 4.69) is 0 Å². The molecule has 0 heterocycles. The fourth-order valence-electron chi connectivity index (χ4n) is 2.15. The van der Waals surface area contributed by atoms with Crippen LogP contribution >= 0.6 is 21.2 Å². The Morgan fingerprint density at radius 3 is 2.33 bits per heavy atom. The fraction of sp³-hybridized carbons (Fsp3) is 0.214. The molecular formula is C14H13IO3. The van der Waals surface area contributed by atoms with E-state index in [9.17, 15) is 13.0 Å². The number of aromatic carboxylic acids is 1. The molecule has 0 aliphatic carbocycles. The van der Waals surface area contributed by atoms with Gasteiger partial charge in [-0.05, 0) is 48.2 Å². The average molecular weight is 356 g/mol. The summed E-state index contributed by atoms with van der Waals surface area (Å²) in [5.41, 5.74) is 3.15. The summed E-state index contributed by atoms with van der Waals surface area (Å²) < 4.78 is 12.0. The zero-order valence-electron chi connectivity index (χ0n) is 10.4. The predicted molar refractivity (Wildman–Crippen MR) is 78.5 cm³/mol. The molecule has 18 heavy (non-hydrogen) atoms. The van der Waals surface area contributed by atoms with Gasteiger partial charge in [0.15, 0.2) is 21.2 Å². The molecule has 0 aliphatic rings. The second kappa shape index (κ2) is 4.76. The summed E-state index contributed by atoms with van der Waals surface area (Å²) >= 11 is -1.52. The summed E-state index contributed by atoms with van der Waals surface area (Å²) in [6.07, 6.45) is 0. The summed E-state index contributed by atoms with van der Waals surface area (Å²) in [7, 11) is 0. The van der Waals surface area contributed by atoms with Crippen LogP contribution in [0.25, 0.3) is 10.8 Å². The number of hydrogen-bond acceptors (Lipinski definition) is 2. The molecule has 0 spiro atoms. The quantitative estimate of drug-likeness (QED) is 0.829. The van der Waals surface area contributed by atoms with Gasteiger partial charge in [-0.1, -0.05) is 18.2 Å². The van der Waals surface area contributed by atoms with Crippen molar-refractivity contribution in [1.29, 1.82) is 0 Å². The number of carboxylic acid groups (broad SMARTS) is 1. The van der Waals surface area contributed by atoms with Crippen LogP contribution in [0.15, 0.2) is 18.2 Å². The minimum atomic E-state index is -1.52. The maximum atomic E-state index is 11.5. The molecule has 0 atom stereocenters. The molecule has 94 valence electrons. The van der Waals surface area contributed by atoms with Gasteiger partial charge in [-0.25, -0.2) is 4.79 Å². The van der Waals surface area contributed by atoms with Crippen molar-refractivity contribution in [2.24, 2.45) is 0 Å². The van der Waals surface area contributed by atoms with Crippen LogP contribution in [0.1, 0.15) is 27.0 Å². The Bertz CT molecular complexity index is 675. The van der Waals surface area contributed by atoms with E-state index < -0.39 is 27.2 Å². The van der Waals surface area contributed by atoms with E-state index in [-0.39, 0.29) is 5.56 Å². The molecule has 0 aliphatic heterocycles. The van der Waals surface area contributed by atoms with Gasteiger partial charge in [0, 0.05) is 0 Å². The van der Waals surface area contributed by atoms with Crippen molar-refractivity contribution >= 4 is 37.9 Å². The molecule has 0 amide bonds. The molecule has 0 fully saturated rings. The van der Waals surface area contributed by atoms with E-state index in [0.717, 1.165) is 21.9 Å². The van der Waals surface area contributed by atoms with Gasteiger partial charge in [0.2, 0.25) is 0 Å². The minimum Gasteiger partial charge on any atom is -0.478 e. The molecule has 3 nitrogen and oxygen atoms in total. The van der Waals surface area contributed by atoms with Crippen LogP contribution in [0.5, 0.6) is 0 Å². The van der Waals surface area contributed by atoms with Crippen molar-refractivity contribution in [2.75, 3.05) is 0 Å². The molecule has 2 aromatic carbocycles. The van der Waals surface area contributed by atoms with E-state index in [4.69, 9.17) is 0 Å². The second-order valence-corrected chi connectivity index (χ2v) is 5.89. The topological polar surface area (TPSA) is 54.4 Å². The number of benzene rings is 2. The molecule has 0 bridgehead atoms. The van der Waals surface area contributed by atoms with E-state index in [1.165, 1.54) is 0 Å². The van der Waals surface area contributed by atoms with Gasteiger partial charge in [-0.2, -0.15) is 0 Å². The van der Waals surface area contributed by atoms with Crippen molar-refractivity contribution in [2.45, 2.75) is 20.8 Å². The molecule has 0 radical (unpaired) electrons. The highest BCUT2D eigenvalue weighted by atomic mass is 127. The van der Waals surface area contributed by atoms with E-state index >= 15 is 0 Å². The number of rotatable bonds is 2. The Kier molecular flexibility index (Phi) is 3.47. The van der Waals surface area contributed by atoms with Crippen molar-refractivity contribution in [1.82, 2.24) is 0 Å². The van der Waals surface area contributed by atoms with Crippen molar-refractivity contribution in [3.8, 4) is 0 Å². The predicted octanol–water partition coefficient (Wildman–Crippen LogP) is 3.95. The van der Waals surface area contributed by atoms with Crippen LogP contribution in [-0.4, -0.2) is 11.1 Å². The lowest BCUT2D eigenvalue weighted by Gasteiger charge is -2.11. The van der Waals surface area contributed by atoms with Gasteiger partial charge in [-0.3, -0.25) is 3.07 Å². The Morgan fingerprint density at radius 2 is 1.78 bits per heavy atom. The van der Waals surface area contributed by atoms with E-state index in [1.54, 1.807) is 6.92 Å². The van der Waals surface area contributed by atoms with Crippen molar-refractivity contribution < 1.29 is 13.0 Å². The lowest BCUT2D eigenvalue weighted by atomic mass is 9.96. The average Bonchev–Trinajstić information content (AvgIpc) is 2.32. The molecular weight excluding hydrogens is 343 g/mol. The van der Waals surface area contributed by atoms with Gasteiger partial charge in [0.05, 0.1) is 9.13 Å². The Labute approximate surface area is 115 Å². The summed E-state index contributed by atoms with van der Waals surface area (Å²) in [6, 6.07) is 5.70. The number of halogens is 1. The Morgan fingerprint density at radius 1 is 1.11 bits per heavy atom. The van der Waals surface area contributed by atoms with Crippen LogP contribution < -0.4 is 0 Å². The third-order valence-corrected chi connectivity index (χ3v) is 4.85. The van der Waals surface area contributed by atoms with E-state index in [1.807, 2.05) is 32.0 Å². The Balaban J connectivity index is 3.02. The lowest BCUT2D eigenvalue weighted by Crippen LogP contribution is -2.04. The highest BCUT2D eigenvalue weighted by molar-refractivity contribution is 14.1. The van der Waals surface area contributed by atoms with Gasteiger partial charge in [0.25, 0.3) is 0 Å². The van der Waals surface area contributed by atoms with Crippen LogP contribution in [0.3, 0.4) is 0 Å². The molecule has 2 rings (SSSR count). The lowest BCUT2D eigenvalue weighted by molar-refractivity contribution is 0.0695. The van der Waals surface area contributed by atoms with Crippen LogP contribution in [0.4, 0.5) is 0 Å². The minimum absolute atomic E-state index is 0.202. The third kappa shape index (κ3) is 1.94. The summed E-state index contributed by atoms with van der Waals surface area (Å²) in [4.78, 5) is 11.3. The first-order chi connectivity index (χ1) is 8.47. The van der Waals surface area contributed by atoms with Gasteiger partial charge in [-0.15, -0.1) is 0 Å². The SMILES string of the molecule is Cc1cc2c(C)c(C)ccc2c(I=O)c1C(=O)O. The monoisotopic (exact) mass is 356 g/mol. The summed E-state index contributed by atoms with van der Waals surface area (Å²) in [5, 5.41) is 11.1. The number of carboxylic acids is 1. The number of fused-ring (bicyclic) bond motifs is 1.